The third-order valence-electron chi connectivity index (χ3n) is 5.33. The minimum atomic E-state index is -0.0905. The van der Waals surface area contributed by atoms with Gasteiger partial charge in [0.15, 0.2) is 0 Å². The molecule has 2 saturated heterocycles. The molecule has 2 bridgehead atoms. The Hall–Kier alpha value is -1.79. The van der Waals surface area contributed by atoms with Crippen LogP contribution in [0.15, 0.2) is 24.3 Å². The first-order chi connectivity index (χ1) is 11.6. The molecular weight excluding hydrogens is 322 g/mol. The maximum absolute atomic E-state index is 12.7. The summed E-state index contributed by atoms with van der Waals surface area (Å²) in [5, 5.41) is 7.28. The molecule has 4 rings (SSSR count). The maximum Gasteiger partial charge on any atom is 0.265 e. The summed E-state index contributed by atoms with van der Waals surface area (Å²) in [6.45, 7) is 4.87. The molecule has 2 aliphatic heterocycles. The quantitative estimate of drug-likeness (QED) is 0.926. The van der Waals surface area contributed by atoms with Gasteiger partial charge in [0.05, 0.1) is 12.2 Å². The topological polar surface area (TPSA) is 64.1 Å². The molecule has 5 nitrogen and oxygen atoms in total. The number of nitrogens with zero attached hydrogens (tertiary/aromatic N) is 2. The highest BCUT2D eigenvalue weighted by Gasteiger charge is 2.49. The summed E-state index contributed by atoms with van der Waals surface area (Å²) in [6, 6.07) is 7.93. The van der Waals surface area contributed by atoms with Crippen molar-refractivity contribution < 1.29 is 9.53 Å². The molecule has 1 aromatic carbocycles. The van der Waals surface area contributed by atoms with Gasteiger partial charge in [-0.1, -0.05) is 35.7 Å². The fraction of sp³-hybridized carbons (Fsp3) is 0.500. The van der Waals surface area contributed by atoms with E-state index < -0.39 is 0 Å². The van der Waals surface area contributed by atoms with E-state index in [2.05, 4.69) is 21.8 Å². The minimum absolute atomic E-state index is 0.0412. The number of rotatable bonds is 4. The Labute approximate surface area is 145 Å². The van der Waals surface area contributed by atoms with Crippen LogP contribution in [-0.2, 0) is 4.74 Å². The first-order valence-corrected chi connectivity index (χ1v) is 9.16. The van der Waals surface area contributed by atoms with Crippen LogP contribution in [0, 0.1) is 12.3 Å². The molecule has 1 amide bonds. The van der Waals surface area contributed by atoms with Crippen molar-refractivity contribution >= 4 is 17.4 Å². The van der Waals surface area contributed by atoms with Gasteiger partial charge >= 0.3 is 0 Å². The first-order valence-electron chi connectivity index (χ1n) is 8.39. The number of benzene rings is 1. The van der Waals surface area contributed by atoms with Crippen LogP contribution in [0.2, 0.25) is 0 Å². The van der Waals surface area contributed by atoms with Crippen LogP contribution in [-0.4, -0.2) is 34.2 Å². The van der Waals surface area contributed by atoms with Crippen LogP contribution in [0.4, 0.5) is 0 Å². The van der Waals surface area contributed by atoms with Crippen LogP contribution < -0.4 is 5.32 Å². The van der Waals surface area contributed by atoms with E-state index in [1.807, 2.05) is 31.2 Å². The number of carbonyl (C=O) groups is 1. The lowest BCUT2D eigenvalue weighted by molar-refractivity contribution is 0.0650. The zero-order chi connectivity index (χ0) is 16.7. The van der Waals surface area contributed by atoms with Crippen molar-refractivity contribution in [1.82, 2.24) is 14.9 Å². The van der Waals surface area contributed by atoms with Gasteiger partial charge in [0.25, 0.3) is 5.91 Å². The predicted molar refractivity (Wildman–Crippen MR) is 93.0 cm³/mol. The van der Waals surface area contributed by atoms with Crippen molar-refractivity contribution in [2.24, 2.45) is 5.41 Å². The van der Waals surface area contributed by atoms with E-state index in [4.69, 9.17) is 4.74 Å². The Morgan fingerprint density at radius 3 is 2.96 bits per heavy atom. The summed E-state index contributed by atoms with van der Waals surface area (Å²) in [7, 11) is 0. The molecular formula is C18H21N3O2S. The van der Waals surface area contributed by atoms with Gasteiger partial charge in [-0.05, 0) is 43.3 Å². The lowest BCUT2D eigenvalue weighted by Crippen LogP contribution is -2.41. The van der Waals surface area contributed by atoms with Gasteiger partial charge in [-0.15, -0.1) is 5.10 Å². The Bertz CT molecular complexity index is 775. The number of aromatic nitrogens is 2. The summed E-state index contributed by atoms with van der Waals surface area (Å²) < 4.78 is 9.95. The number of hydrogen-bond donors (Lipinski definition) is 1. The Kier molecular flexibility index (Phi) is 3.89. The molecule has 3 atom stereocenters. The molecule has 24 heavy (non-hydrogen) atoms. The van der Waals surface area contributed by atoms with Gasteiger partial charge < -0.3 is 10.1 Å². The van der Waals surface area contributed by atoms with Crippen molar-refractivity contribution in [1.29, 1.82) is 0 Å². The third kappa shape index (κ3) is 2.63. The number of nitrogens with one attached hydrogen (secondary N) is 1. The van der Waals surface area contributed by atoms with Crippen molar-refractivity contribution in [3.8, 4) is 11.3 Å². The summed E-state index contributed by atoms with van der Waals surface area (Å²) >= 11 is 1.15. The van der Waals surface area contributed by atoms with E-state index in [0.717, 1.165) is 41.9 Å². The van der Waals surface area contributed by atoms with Gasteiger partial charge in [-0.3, -0.25) is 4.79 Å². The molecule has 6 heteroatoms. The zero-order valence-electron chi connectivity index (χ0n) is 13.9. The van der Waals surface area contributed by atoms with E-state index >= 15 is 0 Å². The lowest BCUT2D eigenvalue weighted by Gasteiger charge is -2.31. The van der Waals surface area contributed by atoms with E-state index in [9.17, 15) is 4.79 Å². The second kappa shape index (κ2) is 5.93. The van der Waals surface area contributed by atoms with Crippen LogP contribution in [0.25, 0.3) is 11.3 Å². The van der Waals surface area contributed by atoms with Gasteiger partial charge in [-0.2, -0.15) is 0 Å². The summed E-state index contributed by atoms with van der Waals surface area (Å²) in [4.78, 5) is 13.3. The van der Waals surface area contributed by atoms with Crippen LogP contribution in [0.1, 0.15) is 41.4 Å². The Morgan fingerprint density at radius 2 is 2.25 bits per heavy atom. The molecule has 0 radical (unpaired) electrons. The fourth-order valence-corrected chi connectivity index (χ4v) is 4.52. The molecule has 3 heterocycles. The van der Waals surface area contributed by atoms with E-state index in [0.29, 0.717) is 23.2 Å². The van der Waals surface area contributed by atoms with Crippen molar-refractivity contribution in [2.75, 3.05) is 6.54 Å². The molecule has 1 aromatic heterocycles. The van der Waals surface area contributed by atoms with E-state index in [1.54, 1.807) is 0 Å². The SMILES string of the molecule is Cc1ccccc1-c1nnsc1C(=O)NCC1(C)CC2CCC1O2. The molecule has 126 valence electrons. The van der Waals surface area contributed by atoms with Crippen molar-refractivity contribution in [3.05, 3.63) is 34.7 Å². The van der Waals surface area contributed by atoms with Crippen LogP contribution in [0.3, 0.4) is 0 Å². The summed E-state index contributed by atoms with van der Waals surface area (Å²) in [6.07, 6.45) is 3.95. The van der Waals surface area contributed by atoms with Crippen LogP contribution >= 0.6 is 11.5 Å². The number of aryl methyl sites for hydroxylation is 1. The molecule has 1 N–H and O–H groups in total. The van der Waals surface area contributed by atoms with Crippen molar-refractivity contribution in [3.63, 3.8) is 0 Å². The molecule has 3 unspecified atom stereocenters. The Morgan fingerprint density at radius 1 is 1.42 bits per heavy atom. The normalized spacial score (nSPS) is 28.2. The second-order valence-electron chi connectivity index (χ2n) is 7.13. The third-order valence-corrected chi connectivity index (χ3v) is 6.05. The lowest BCUT2D eigenvalue weighted by atomic mass is 9.75. The zero-order valence-corrected chi connectivity index (χ0v) is 14.7. The molecule has 2 aromatic rings. The Balaban J connectivity index is 1.50. The number of hydrogen-bond acceptors (Lipinski definition) is 5. The van der Waals surface area contributed by atoms with Crippen LogP contribution in [0.5, 0.6) is 0 Å². The average molecular weight is 343 g/mol. The molecule has 0 aliphatic carbocycles. The molecule has 0 saturated carbocycles. The highest BCUT2D eigenvalue weighted by Crippen LogP contribution is 2.47. The number of carbonyl (C=O) groups excluding carboxylic acids is 1. The molecule has 2 fully saturated rings. The minimum Gasteiger partial charge on any atom is -0.374 e. The van der Waals surface area contributed by atoms with Gasteiger partial charge in [0.2, 0.25) is 0 Å². The average Bonchev–Trinajstić information content (AvgIpc) is 3.28. The van der Waals surface area contributed by atoms with E-state index in [1.165, 1.54) is 0 Å². The van der Waals surface area contributed by atoms with Gasteiger partial charge in [0, 0.05) is 17.5 Å². The summed E-state index contributed by atoms with van der Waals surface area (Å²) in [5.41, 5.74) is 2.77. The highest BCUT2D eigenvalue weighted by molar-refractivity contribution is 7.08. The summed E-state index contributed by atoms with van der Waals surface area (Å²) in [5.74, 6) is -0.0905. The smallest absolute Gasteiger partial charge is 0.265 e. The van der Waals surface area contributed by atoms with Gasteiger partial charge in [-0.25, -0.2) is 0 Å². The predicted octanol–water partition coefficient (Wildman–Crippen LogP) is 3.20. The number of fused-ring (bicyclic) bond motifs is 2. The largest absolute Gasteiger partial charge is 0.374 e. The maximum atomic E-state index is 12.7. The first kappa shape index (κ1) is 15.7. The molecule has 2 aliphatic rings. The standard InChI is InChI=1S/C18H21N3O2S/c1-11-5-3-4-6-13(11)15-16(24-21-20-15)17(22)19-10-18(2)9-12-7-8-14(18)23-12/h3-6,12,14H,7-10H2,1-2H3,(H,19,22). The fourth-order valence-electron chi connectivity index (χ4n) is 3.92. The second-order valence-corrected chi connectivity index (χ2v) is 7.88. The number of ether oxygens (including phenoxy) is 1. The van der Waals surface area contributed by atoms with Crippen molar-refractivity contribution in [2.45, 2.75) is 45.3 Å². The monoisotopic (exact) mass is 343 g/mol. The number of amides is 1. The molecule has 0 spiro atoms. The van der Waals surface area contributed by atoms with E-state index in [-0.39, 0.29) is 17.4 Å². The van der Waals surface area contributed by atoms with Gasteiger partial charge in [0.1, 0.15) is 10.6 Å². The highest BCUT2D eigenvalue weighted by atomic mass is 32.1.